The quantitative estimate of drug-likeness (QED) is 0.0855. The minimum absolute atomic E-state index is 0.0298. The fourth-order valence-corrected chi connectivity index (χ4v) is 8.22. The molecule has 2 heterocycles. The number of carbonyl (C=O) groups excluding carboxylic acids is 1. The topological polar surface area (TPSA) is 96.6 Å². The first-order valence-corrected chi connectivity index (χ1v) is 15.5. The molecule has 0 radical (unpaired) electrons. The van der Waals surface area contributed by atoms with E-state index in [1.54, 1.807) is 22.0 Å². The van der Waals surface area contributed by atoms with Crippen molar-refractivity contribution in [1.82, 2.24) is 15.0 Å². The molecule has 190 valence electrons. The van der Waals surface area contributed by atoms with E-state index in [4.69, 9.17) is 4.98 Å². The van der Waals surface area contributed by atoms with E-state index in [0.29, 0.717) is 19.7 Å². The number of hydrazone groups is 1. The van der Waals surface area contributed by atoms with Gasteiger partial charge in [-0.2, -0.15) is 5.10 Å². The summed E-state index contributed by atoms with van der Waals surface area (Å²) in [5.41, 5.74) is 5.91. The Kier molecular flexibility index (Phi) is 8.22. The van der Waals surface area contributed by atoms with Crippen molar-refractivity contribution in [2.75, 3.05) is 5.75 Å². The van der Waals surface area contributed by atoms with Gasteiger partial charge in [-0.05, 0) is 108 Å². The smallest absolute Gasteiger partial charge is 0.267 e. The Morgan fingerprint density at radius 2 is 2.00 bits per heavy atom. The number of rotatable bonds is 6. The van der Waals surface area contributed by atoms with Crippen molar-refractivity contribution in [2.24, 2.45) is 5.10 Å². The highest BCUT2D eigenvalue weighted by Gasteiger charge is 2.23. The summed E-state index contributed by atoms with van der Waals surface area (Å²) < 4.78 is 3.28. The highest BCUT2D eigenvalue weighted by molar-refractivity contribution is 14.1. The van der Waals surface area contributed by atoms with E-state index in [2.05, 4.69) is 33.1 Å². The number of hydrogen-bond donors (Lipinski definition) is 2. The van der Waals surface area contributed by atoms with Crippen LogP contribution in [0, 0.1) is 14.1 Å². The van der Waals surface area contributed by atoms with Crippen LogP contribution >= 0.6 is 68.3 Å². The van der Waals surface area contributed by atoms with Gasteiger partial charge in [0.1, 0.15) is 10.6 Å². The van der Waals surface area contributed by atoms with Crippen molar-refractivity contribution in [3.8, 4) is 11.4 Å². The van der Waals surface area contributed by atoms with Gasteiger partial charge >= 0.3 is 0 Å². The Hall–Kier alpha value is -1.97. The summed E-state index contributed by atoms with van der Waals surface area (Å²) in [7, 11) is 0. The molecule has 5 rings (SSSR count). The number of phenols is 1. The fraction of sp³-hybridized carbons (Fsp3) is 0.231. The number of halogens is 2. The van der Waals surface area contributed by atoms with Crippen LogP contribution < -0.4 is 11.0 Å². The largest absolute Gasteiger partial charge is 0.506 e. The lowest BCUT2D eigenvalue weighted by Crippen LogP contribution is -2.24. The van der Waals surface area contributed by atoms with Gasteiger partial charge < -0.3 is 5.11 Å². The van der Waals surface area contributed by atoms with Crippen LogP contribution in [0.2, 0.25) is 0 Å². The molecular formula is C26H22I2N4O3S2. The number of phenolic OH excluding ortho intramolecular Hbond substituents is 1. The van der Waals surface area contributed by atoms with E-state index in [-0.39, 0.29) is 23.0 Å². The molecule has 0 atom stereocenters. The molecule has 0 bridgehead atoms. The summed E-state index contributed by atoms with van der Waals surface area (Å²) >= 11 is 7.01. The summed E-state index contributed by atoms with van der Waals surface area (Å²) in [6.45, 7) is 2.00. The molecule has 1 amide bonds. The van der Waals surface area contributed by atoms with Crippen molar-refractivity contribution in [2.45, 2.75) is 37.8 Å². The van der Waals surface area contributed by atoms with Crippen LogP contribution in [-0.2, 0) is 17.6 Å². The molecule has 2 aromatic heterocycles. The number of aromatic nitrogens is 2. The number of thioether (sulfide) groups is 1. The fourth-order valence-electron chi connectivity index (χ4n) is 4.23. The Balaban J connectivity index is 1.42. The molecular weight excluding hydrogens is 734 g/mol. The lowest BCUT2D eigenvalue weighted by Gasteiger charge is -2.13. The lowest BCUT2D eigenvalue weighted by molar-refractivity contribution is -0.118. The zero-order valence-electron chi connectivity index (χ0n) is 19.8. The zero-order chi connectivity index (χ0) is 26.1. The highest BCUT2D eigenvalue weighted by Crippen LogP contribution is 2.35. The molecule has 0 fully saturated rings. The van der Waals surface area contributed by atoms with Crippen LogP contribution in [0.4, 0.5) is 0 Å². The number of amides is 1. The molecule has 1 aliphatic rings. The molecule has 0 unspecified atom stereocenters. The van der Waals surface area contributed by atoms with Gasteiger partial charge in [-0.3, -0.25) is 14.2 Å². The third-order valence-corrected chi connectivity index (χ3v) is 9.60. The third kappa shape index (κ3) is 5.73. The summed E-state index contributed by atoms with van der Waals surface area (Å²) in [5.74, 6) is -0.190. The first-order valence-electron chi connectivity index (χ1n) is 11.6. The molecule has 0 saturated heterocycles. The summed E-state index contributed by atoms with van der Waals surface area (Å²) in [6.07, 6.45) is 5.53. The molecule has 11 heteroatoms. The average Bonchev–Trinajstić information content (AvgIpc) is 3.25. The molecule has 0 aliphatic heterocycles. The second-order valence-corrected chi connectivity index (χ2v) is 13.1. The second-order valence-electron chi connectivity index (χ2n) is 8.67. The number of benzene rings is 2. The normalized spacial score (nSPS) is 13.3. The predicted molar refractivity (Wildman–Crippen MR) is 167 cm³/mol. The SMILES string of the molecule is Cc1ccc(-n2c(SCC(=O)N/N=C\c3cc(I)cc(I)c3O)nc3sc4c(c3c2=O)CCCC4)cc1. The van der Waals surface area contributed by atoms with E-state index in [9.17, 15) is 14.7 Å². The Morgan fingerprint density at radius 1 is 1.24 bits per heavy atom. The minimum atomic E-state index is -0.337. The number of thiophene rings is 1. The molecule has 1 aliphatic carbocycles. The van der Waals surface area contributed by atoms with E-state index < -0.39 is 0 Å². The molecule has 2 N–H and O–H groups in total. The van der Waals surface area contributed by atoms with Gasteiger partial charge in [0.25, 0.3) is 11.5 Å². The second kappa shape index (κ2) is 11.4. The number of hydrogen-bond acceptors (Lipinski definition) is 7. The standard InChI is InChI=1S/C26H22I2N4O3S2/c1-14-6-8-17(9-7-14)32-25(35)22-18-4-2-3-5-20(18)37-24(22)30-26(32)36-13-21(33)31-29-12-15-10-16(27)11-19(28)23(15)34/h6-12,34H,2-5,13H2,1H3,(H,31,33)/b29-12-. The van der Waals surface area contributed by atoms with Gasteiger partial charge in [-0.25, -0.2) is 10.4 Å². The van der Waals surface area contributed by atoms with Crippen molar-refractivity contribution >= 4 is 90.6 Å². The Morgan fingerprint density at radius 3 is 2.78 bits per heavy atom. The first kappa shape index (κ1) is 26.6. The van der Waals surface area contributed by atoms with Crippen LogP contribution in [0.3, 0.4) is 0 Å². The van der Waals surface area contributed by atoms with Crippen LogP contribution in [0.5, 0.6) is 5.75 Å². The minimum Gasteiger partial charge on any atom is -0.506 e. The van der Waals surface area contributed by atoms with E-state index in [1.807, 2.05) is 59.8 Å². The van der Waals surface area contributed by atoms with Gasteiger partial charge in [0.2, 0.25) is 0 Å². The summed E-state index contributed by atoms with van der Waals surface area (Å²) in [6, 6.07) is 11.4. The van der Waals surface area contributed by atoms with Crippen molar-refractivity contribution in [1.29, 1.82) is 0 Å². The number of fused-ring (bicyclic) bond motifs is 3. The van der Waals surface area contributed by atoms with Gasteiger partial charge in [0, 0.05) is 14.0 Å². The molecule has 37 heavy (non-hydrogen) atoms. The van der Waals surface area contributed by atoms with Crippen molar-refractivity contribution < 1.29 is 9.90 Å². The predicted octanol–water partition coefficient (Wildman–Crippen LogP) is 5.79. The maximum absolute atomic E-state index is 13.8. The van der Waals surface area contributed by atoms with Gasteiger partial charge in [0.05, 0.1) is 26.6 Å². The number of nitrogens with one attached hydrogen (secondary N) is 1. The van der Waals surface area contributed by atoms with E-state index in [0.717, 1.165) is 50.9 Å². The summed E-state index contributed by atoms with van der Waals surface area (Å²) in [5, 5.41) is 15.4. The molecule has 7 nitrogen and oxygen atoms in total. The molecule has 0 spiro atoms. The zero-order valence-corrected chi connectivity index (χ0v) is 25.7. The Labute approximate surface area is 249 Å². The van der Waals surface area contributed by atoms with Crippen molar-refractivity contribution in [3.05, 3.63) is 75.5 Å². The van der Waals surface area contributed by atoms with Crippen LogP contribution in [0.25, 0.3) is 15.9 Å². The van der Waals surface area contributed by atoms with Gasteiger partial charge in [-0.1, -0.05) is 29.5 Å². The molecule has 0 saturated carbocycles. The maximum Gasteiger partial charge on any atom is 0.267 e. The third-order valence-electron chi connectivity index (χ3n) is 6.03. The van der Waals surface area contributed by atoms with Gasteiger partial charge in [0.15, 0.2) is 5.16 Å². The lowest BCUT2D eigenvalue weighted by atomic mass is 9.97. The summed E-state index contributed by atoms with van der Waals surface area (Å²) in [4.78, 5) is 33.3. The van der Waals surface area contributed by atoms with Crippen molar-refractivity contribution in [3.63, 3.8) is 0 Å². The first-order chi connectivity index (χ1) is 17.8. The van der Waals surface area contributed by atoms with E-state index >= 15 is 0 Å². The van der Waals surface area contributed by atoms with Crippen LogP contribution in [0.1, 0.15) is 34.4 Å². The number of aromatic hydroxyl groups is 1. The Bertz CT molecular complexity index is 1600. The average molecular weight is 756 g/mol. The number of nitrogens with zero attached hydrogens (tertiary/aromatic N) is 3. The highest BCUT2D eigenvalue weighted by atomic mass is 127. The number of aryl methyl sites for hydroxylation is 3. The maximum atomic E-state index is 13.8. The van der Waals surface area contributed by atoms with Crippen LogP contribution in [0.15, 0.2) is 51.5 Å². The number of carbonyl (C=O) groups is 1. The van der Waals surface area contributed by atoms with E-state index in [1.165, 1.54) is 22.9 Å². The monoisotopic (exact) mass is 756 g/mol. The molecule has 4 aromatic rings. The van der Waals surface area contributed by atoms with Gasteiger partial charge in [-0.15, -0.1) is 11.3 Å². The van der Waals surface area contributed by atoms with Crippen LogP contribution in [-0.4, -0.2) is 32.5 Å². The molecule has 2 aromatic carbocycles.